The molecule has 174 valence electrons. The molecule has 0 saturated heterocycles. The number of ketones is 2. The van der Waals surface area contributed by atoms with Gasteiger partial charge in [0.2, 0.25) is 5.78 Å². The van der Waals surface area contributed by atoms with Crippen molar-refractivity contribution in [1.82, 2.24) is 4.57 Å². The maximum absolute atomic E-state index is 13.9. The molecule has 0 radical (unpaired) electrons. The van der Waals surface area contributed by atoms with Gasteiger partial charge in [0.1, 0.15) is 5.69 Å². The maximum atomic E-state index is 13.9. The van der Waals surface area contributed by atoms with Crippen molar-refractivity contribution in [2.24, 2.45) is 7.05 Å². The Labute approximate surface area is 211 Å². The number of carbonyl (C=O) groups is 2. The van der Waals surface area contributed by atoms with E-state index >= 15 is 0 Å². The third kappa shape index (κ3) is 4.47. The van der Waals surface area contributed by atoms with E-state index < -0.39 is 0 Å². The summed E-state index contributed by atoms with van der Waals surface area (Å²) in [5.41, 5.74) is 5.65. The second-order valence-electron chi connectivity index (χ2n) is 8.54. The van der Waals surface area contributed by atoms with Gasteiger partial charge in [0.15, 0.2) is 5.78 Å². The topological polar surface area (TPSA) is 39.1 Å². The van der Waals surface area contributed by atoms with Crippen molar-refractivity contribution >= 4 is 17.6 Å². The summed E-state index contributed by atoms with van der Waals surface area (Å²) in [5, 5.41) is 0. The molecule has 36 heavy (non-hydrogen) atoms. The van der Waals surface area contributed by atoms with Gasteiger partial charge in [-0.15, -0.1) is 0 Å². The van der Waals surface area contributed by atoms with Gasteiger partial charge in [0, 0.05) is 18.2 Å². The van der Waals surface area contributed by atoms with E-state index in [4.69, 9.17) is 0 Å². The van der Waals surface area contributed by atoms with Gasteiger partial charge in [-0.1, -0.05) is 127 Å². The van der Waals surface area contributed by atoms with Crippen LogP contribution in [0, 0.1) is 0 Å². The molecule has 5 rings (SSSR count). The van der Waals surface area contributed by atoms with E-state index in [0.717, 1.165) is 27.9 Å². The minimum atomic E-state index is -0.213. The molecule has 0 aliphatic heterocycles. The van der Waals surface area contributed by atoms with E-state index in [0.29, 0.717) is 16.8 Å². The summed E-state index contributed by atoms with van der Waals surface area (Å²) < 4.78 is 1.87. The fourth-order valence-electron chi connectivity index (χ4n) is 4.56. The lowest BCUT2D eigenvalue weighted by Gasteiger charge is -2.09. The van der Waals surface area contributed by atoms with E-state index in [1.807, 2.05) is 121 Å². The standard InChI is InChI=1S/C33H25NO2/c1-34-31(26-18-10-4-11-19-26)29(25-16-8-3-9-17-25)30(28(35)23-22-24-14-6-2-7-15-24)32(34)33(36)27-20-12-5-13-21-27/h2-23H,1H3/b23-22+. The van der Waals surface area contributed by atoms with Crippen molar-refractivity contribution in [2.75, 3.05) is 0 Å². The summed E-state index contributed by atoms with van der Waals surface area (Å²) in [6.07, 6.45) is 3.36. The molecule has 0 fully saturated rings. The molecule has 5 aromatic rings. The highest BCUT2D eigenvalue weighted by atomic mass is 16.1. The van der Waals surface area contributed by atoms with Gasteiger partial charge in [0.05, 0.1) is 11.3 Å². The Morgan fingerprint density at radius 3 is 1.72 bits per heavy atom. The number of nitrogens with zero attached hydrogens (tertiary/aromatic N) is 1. The van der Waals surface area contributed by atoms with E-state index in [-0.39, 0.29) is 11.6 Å². The lowest BCUT2D eigenvalue weighted by Crippen LogP contribution is -2.12. The highest BCUT2D eigenvalue weighted by Gasteiger charge is 2.30. The fourth-order valence-corrected chi connectivity index (χ4v) is 4.56. The summed E-state index contributed by atoms with van der Waals surface area (Å²) in [6, 6.07) is 38.5. The van der Waals surface area contributed by atoms with Gasteiger partial charge in [-0.2, -0.15) is 0 Å². The molecule has 0 amide bonds. The van der Waals surface area contributed by atoms with Gasteiger partial charge in [-0.25, -0.2) is 0 Å². The Morgan fingerprint density at radius 2 is 1.14 bits per heavy atom. The highest BCUT2D eigenvalue weighted by Crippen LogP contribution is 2.40. The van der Waals surface area contributed by atoms with Crippen molar-refractivity contribution in [3.63, 3.8) is 0 Å². The number of rotatable bonds is 7. The first-order valence-corrected chi connectivity index (χ1v) is 11.9. The predicted molar refractivity (Wildman–Crippen MR) is 146 cm³/mol. The minimum absolute atomic E-state index is 0.186. The molecule has 0 aliphatic carbocycles. The molecule has 3 heteroatoms. The smallest absolute Gasteiger partial charge is 0.210 e. The van der Waals surface area contributed by atoms with Crippen LogP contribution in [0.25, 0.3) is 28.5 Å². The van der Waals surface area contributed by atoms with E-state index in [9.17, 15) is 9.59 Å². The van der Waals surface area contributed by atoms with E-state index in [2.05, 4.69) is 0 Å². The first-order valence-electron chi connectivity index (χ1n) is 11.9. The quantitative estimate of drug-likeness (QED) is 0.184. The second-order valence-corrected chi connectivity index (χ2v) is 8.54. The molecule has 1 aromatic heterocycles. The summed E-state index contributed by atoms with van der Waals surface area (Å²) in [7, 11) is 1.86. The third-order valence-corrected chi connectivity index (χ3v) is 6.23. The first-order chi connectivity index (χ1) is 17.6. The Hall–Kier alpha value is -4.76. The molecule has 0 bridgehead atoms. The Kier molecular flexibility index (Phi) is 6.55. The van der Waals surface area contributed by atoms with E-state index in [1.54, 1.807) is 24.3 Å². The molecule has 0 atom stereocenters. The number of hydrogen-bond donors (Lipinski definition) is 0. The number of carbonyl (C=O) groups excluding carboxylic acids is 2. The number of aromatic nitrogens is 1. The van der Waals surface area contributed by atoms with Crippen LogP contribution in [-0.2, 0) is 7.05 Å². The number of benzene rings is 4. The van der Waals surface area contributed by atoms with Crippen LogP contribution in [0.2, 0.25) is 0 Å². The molecule has 3 nitrogen and oxygen atoms in total. The monoisotopic (exact) mass is 467 g/mol. The van der Waals surface area contributed by atoms with Crippen molar-refractivity contribution in [1.29, 1.82) is 0 Å². The van der Waals surface area contributed by atoms with Gasteiger partial charge in [-0.3, -0.25) is 9.59 Å². The zero-order valence-corrected chi connectivity index (χ0v) is 20.0. The van der Waals surface area contributed by atoms with Crippen molar-refractivity contribution in [2.45, 2.75) is 0 Å². The van der Waals surface area contributed by atoms with Crippen molar-refractivity contribution < 1.29 is 9.59 Å². The highest BCUT2D eigenvalue weighted by molar-refractivity contribution is 6.22. The van der Waals surface area contributed by atoms with Crippen molar-refractivity contribution in [3.8, 4) is 22.4 Å². The van der Waals surface area contributed by atoms with Crippen LogP contribution in [0.3, 0.4) is 0 Å². The molecule has 0 N–H and O–H groups in total. The van der Waals surface area contributed by atoms with E-state index in [1.165, 1.54) is 0 Å². The van der Waals surface area contributed by atoms with Gasteiger partial charge in [-0.05, 0) is 22.8 Å². The summed E-state index contributed by atoms with van der Waals surface area (Å²) in [5.74, 6) is -0.399. The van der Waals surface area contributed by atoms with Gasteiger partial charge in [0.25, 0.3) is 0 Å². The van der Waals surface area contributed by atoms with Crippen LogP contribution in [0.15, 0.2) is 127 Å². The number of hydrogen-bond acceptors (Lipinski definition) is 2. The largest absolute Gasteiger partial charge is 0.340 e. The first kappa shape index (κ1) is 23.0. The average Bonchev–Trinajstić information content (AvgIpc) is 3.26. The van der Waals surface area contributed by atoms with Crippen LogP contribution in [0.1, 0.15) is 32.0 Å². The zero-order chi connectivity index (χ0) is 24.9. The lowest BCUT2D eigenvalue weighted by molar-refractivity contribution is 0.100. The molecule has 0 unspecified atom stereocenters. The van der Waals surface area contributed by atoms with Gasteiger partial charge < -0.3 is 4.57 Å². The number of allylic oxidation sites excluding steroid dienone is 1. The lowest BCUT2D eigenvalue weighted by atomic mass is 9.93. The molecule has 0 aliphatic rings. The molecular formula is C33H25NO2. The van der Waals surface area contributed by atoms with Crippen LogP contribution in [0.5, 0.6) is 0 Å². The third-order valence-electron chi connectivity index (χ3n) is 6.23. The molecular weight excluding hydrogens is 442 g/mol. The SMILES string of the molecule is Cn1c(C(=O)c2ccccc2)c(C(=O)/C=C/c2ccccc2)c(-c2ccccc2)c1-c1ccccc1. The van der Waals surface area contributed by atoms with Gasteiger partial charge >= 0.3 is 0 Å². The molecule has 0 saturated carbocycles. The Bertz CT molecular complexity index is 1530. The predicted octanol–water partition coefficient (Wildman–Crippen LogP) is 7.49. The summed E-state index contributed by atoms with van der Waals surface area (Å²) in [4.78, 5) is 27.8. The average molecular weight is 468 g/mol. The van der Waals surface area contributed by atoms with Crippen LogP contribution >= 0.6 is 0 Å². The maximum Gasteiger partial charge on any atom is 0.210 e. The normalized spacial score (nSPS) is 11.0. The Balaban J connectivity index is 1.80. The fraction of sp³-hybridized carbons (Fsp3) is 0.0303. The van der Waals surface area contributed by atoms with Crippen LogP contribution in [0.4, 0.5) is 0 Å². The molecule has 1 heterocycles. The van der Waals surface area contributed by atoms with Crippen LogP contribution in [-0.4, -0.2) is 16.1 Å². The second kappa shape index (κ2) is 10.2. The van der Waals surface area contributed by atoms with Crippen LogP contribution < -0.4 is 0 Å². The summed E-state index contributed by atoms with van der Waals surface area (Å²) >= 11 is 0. The summed E-state index contributed by atoms with van der Waals surface area (Å²) in [6.45, 7) is 0. The molecule has 4 aromatic carbocycles. The minimum Gasteiger partial charge on any atom is -0.340 e. The van der Waals surface area contributed by atoms with Crippen molar-refractivity contribution in [3.05, 3.63) is 150 Å². The molecule has 0 spiro atoms. The Morgan fingerprint density at radius 1 is 0.639 bits per heavy atom. The zero-order valence-electron chi connectivity index (χ0n) is 20.0.